The zero-order valence-electron chi connectivity index (χ0n) is 36.8. The Morgan fingerprint density at radius 3 is 2.22 bits per heavy atom. The largest absolute Gasteiger partial charge is 0.481 e. The minimum atomic E-state index is -1.32. The first kappa shape index (κ1) is 49.2. The number of aliphatic carboxylic acids is 1. The number of carboxylic acid groups (broad SMARTS) is 1. The first-order chi connectivity index (χ1) is 31.2. The number of alkyl carbamates (subject to hydrolysis) is 1. The van der Waals surface area contributed by atoms with E-state index < -0.39 is 90.0 Å². The van der Waals surface area contributed by atoms with Gasteiger partial charge in [-0.25, -0.2) is 9.59 Å². The van der Waals surface area contributed by atoms with E-state index in [4.69, 9.17) is 20.9 Å². The minimum absolute atomic E-state index is 0.00635. The fourth-order valence-electron chi connectivity index (χ4n) is 8.64. The number of esters is 1. The monoisotopic (exact) mass is 900 g/mol. The number of hydrogen-bond acceptors (Lipinski definition) is 11. The molecule has 2 aromatic carbocycles. The predicted octanol–water partition coefficient (Wildman–Crippen LogP) is 2.16. The molecule has 9 N–H and O–H groups in total. The molecule has 2 fully saturated rings. The molecule has 1 aliphatic carbocycles. The molecule has 350 valence electrons. The van der Waals surface area contributed by atoms with Crippen molar-refractivity contribution in [2.45, 2.75) is 114 Å². The molecular weight excluding hydrogens is 841 g/mol. The van der Waals surface area contributed by atoms with Crippen molar-refractivity contribution in [1.82, 2.24) is 26.2 Å². The normalized spacial score (nSPS) is 22.3. The van der Waals surface area contributed by atoms with Crippen LogP contribution < -0.4 is 32.7 Å². The van der Waals surface area contributed by atoms with E-state index >= 15 is 0 Å². The Morgan fingerprint density at radius 2 is 1.57 bits per heavy atom. The summed E-state index contributed by atoms with van der Waals surface area (Å²) < 4.78 is 10.6. The molecule has 0 aromatic heterocycles. The third-order valence-electron chi connectivity index (χ3n) is 11.9. The van der Waals surface area contributed by atoms with Gasteiger partial charge in [0.2, 0.25) is 23.6 Å². The molecule has 0 radical (unpaired) electrons. The summed E-state index contributed by atoms with van der Waals surface area (Å²) in [5, 5.41) is 20.9. The third kappa shape index (κ3) is 13.6. The van der Waals surface area contributed by atoms with Gasteiger partial charge in [-0.1, -0.05) is 73.5 Å². The molecule has 0 spiro atoms. The number of nitrogens with zero attached hydrogens (tertiary/aromatic N) is 2. The zero-order valence-corrected chi connectivity index (χ0v) is 36.8. The standard InChI is InChI=1S/C46H60N8O11/c1-27(55)50-37(44(62)64-2)20-10-9-18-35-40(57)51-34(21-11-23-49-45(47)48)39(56)25-28(43(60)61)13-3-8-19-36(42(59)54-24-12-22-38(54)41(58)52-35)53-46(63)65-26-33-31-16-6-4-14-29(31)30-15-5-7-17-32(30)33/h4-7,9-10,14-17,28,33-38H,3,8,11-13,18-26H2,1-2H3,(H,50,55)(H,51,57)(H,52,58)(H,53,63)(H,60,61)(H4,47,48,49)/b10-9+/t28-,34+,35+,36+,37+,38?/m1/s1. The number of benzene rings is 2. The van der Waals surface area contributed by atoms with Crippen LogP contribution in [0.25, 0.3) is 11.1 Å². The number of Topliss-reactive ketones (excluding diaryl/α,β-unsaturated/α-hetero) is 1. The van der Waals surface area contributed by atoms with Gasteiger partial charge in [-0.3, -0.25) is 33.8 Å². The molecule has 2 aromatic rings. The molecule has 6 atom stereocenters. The van der Waals surface area contributed by atoms with Crippen LogP contribution in [-0.4, -0.2) is 120 Å². The van der Waals surface area contributed by atoms with E-state index in [1.165, 1.54) is 31.1 Å². The van der Waals surface area contributed by atoms with E-state index in [1.54, 1.807) is 0 Å². The van der Waals surface area contributed by atoms with Crippen LogP contribution in [0.15, 0.2) is 65.7 Å². The number of rotatable bonds is 14. The molecule has 0 saturated carbocycles. The van der Waals surface area contributed by atoms with Crippen LogP contribution in [0.2, 0.25) is 0 Å². The van der Waals surface area contributed by atoms with Crippen LogP contribution in [0.5, 0.6) is 0 Å². The lowest BCUT2D eigenvalue weighted by molar-refractivity contribution is -0.145. The Hall–Kier alpha value is -6.79. The van der Waals surface area contributed by atoms with Gasteiger partial charge in [-0.05, 0) is 73.6 Å². The zero-order chi connectivity index (χ0) is 47.0. The molecule has 2 heterocycles. The first-order valence-corrected chi connectivity index (χ1v) is 22.0. The molecule has 1 unspecified atom stereocenters. The quantitative estimate of drug-likeness (QED) is 0.0471. The number of aliphatic imine (C=N–C) groups is 1. The molecular formula is C46H60N8O11. The van der Waals surface area contributed by atoms with Gasteiger partial charge >= 0.3 is 18.0 Å². The summed E-state index contributed by atoms with van der Waals surface area (Å²) in [6, 6.07) is 10.0. The number of ether oxygens (including phenoxy) is 2. The number of guanidine groups is 1. The van der Waals surface area contributed by atoms with Gasteiger partial charge in [0.1, 0.15) is 30.8 Å². The molecule has 65 heavy (non-hydrogen) atoms. The molecule has 3 aliphatic rings. The molecule has 19 heteroatoms. The van der Waals surface area contributed by atoms with Crippen LogP contribution in [0.3, 0.4) is 0 Å². The first-order valence-electron chi connectivity index (χ1n) is 22.0. The average molecular weight is 901 g/mol. The summed E-state index contributed by atoms with van der Waals surface area (Å²) in [6.45, 7) is 1.54. The molecule has 2 saturated heterocycles. The van der Waals surface area contributed by atoms with E-state index in [0.717, 1.165) is 22.3 Å². The van der Waals surface area contributed by atoms with E-state index in [0.29, 0.717) is 6.42 Å². The second-order valence-corrected chi connectivity index (χ2v) is 16.5. The van der Waals surface area contributed by atoms with Crippen molar-refractivity contribution in [3.8, 4) is 11.1 Å². The predicted molar refractivity (Wildman–Crippen MR) is 238 cm³/mol. The second kappa shape index (κ2) is 23.8. The summed E-state index contributed by atoms with van der Waals surface area (Å²) in [6.07, 6.45) is 3.33. The summed E-state index contributed by atoms with van der Waals surface area (Å²) in [5.74, 6) is -6.44. The van der Waals surface area contributed by atoms with Gasteiger partial charge in [-0.15, -0.1) is 0 Å². The van der Waals surface area contributed by atoms with Crippen LogP contribution >= 0.6 is 0 Å². The van der Waals surface area contributed by atoms with Crippen molar-refractivity contribution >= 4 is 53.4 Å². The van der Waals surface area contributed by atoms with Crippen molar-refractivity contribution in [3.05, 3.63) is 71.8 Å². The van der Waals surface area contributed by atoms with Crippen molar-refractivity contribution < 1.29 is 52.9 Å². The number of methoxy groups -OCH3 is 1. The Bertz CT molecular complexity index is 2090. The van der Waals surface area contributed by atoms with Crippen LogP contribution in [-0.2, 0) is 43.0 Å². The molecule has 5 rings (SSSR count). The van der Waals surface area contributed by atoms with Gasteiger partial charge < -0.3 is 52.2 Å². The number of amides is 5. The molecule has 2 aliphatic heterocycles. The van der Waals surface area contributed by atoms with Crippen LogP contribution in [0.4, 0.5) is 4.79 Å². The van der Waals surface area contributed by atoms with Gasteiger partial charge in [0, 0.05) is 32.4 Å². The number of hydrogen-bond donors (Lipinski definition) is 7. The average Bonchev–Trinajstić information content (AvgIpc) is 3.90. The lowest BCUT2D eigenvalue weighted by Crippen LogP contribution is -2.57. The third-order valence-corrected chi connectivity index (χ3v) is 11.9. The number of ketones is 1. The number of carbonyl (C=O) groups excluding carboxylic acids is 7. The van der Waals surface area contributed by atoms with Gasteiger partial charge in [-0.2, -0.15) is 0 Å². The van der Waals surface area contributed by atoms with Crippen molar-refractivity contribution in [2.75, 3.05) is 26.8 Å². The fourth-order valence-corrected chi connectivity index (χ4v) is 8.64. The highest BCUT2D eigenvalue weighted by atomic mass is 16.5. The highest BCUT2D eigenvalue weighted by molar-refractivity contribution is 5.96. The van der Waals surface area contributed by atoms with Crippen molar-refractivity contribution in [2.24, 2.45) is 22.4 Å². The smallest absolute Gasteiger partial charge is 0.407 e. The summed E-state index contributed by atoms with van der Waals surface area (Å²) >= 11 is 0. The maximum absolute atomic E-state index is 14.4. The van der Waals surface area contributed by atoms with Gasteiger partial charge in [0.05, 0.1) is 19.1 Å². The Balaban J connectivity index is 1.39. The lowest BCUT2D eigenvalue weighted by atomic mass is 9.91. The van der Waals surface area contributed by atoms with Gasteiger partial charge in [0.25, 0.3) is 0 Å². The summed E-state index contributed by atoms with van der Waals surface area (Å²) in [7, 11) is 1.17. The number of carbonyl (C=O) groups is 8. The highest BCUT2D eigenvalue weighted by Gasteiger charge is 2.40. The van der Waals surface area contributed by atoms with Crippen LogP contribution in [0.1, 0.15) is 94.6 Å². The fraction of sp³-hybridized carbons (Fsp3) is 0.500. The van der Waals surface area contributed by atoms with E-state index in [1.807, 2.05) is 48.5 Å². The van der Waals surface area contributed by atoms with Crippen molar-refractivity contribution in [3.63, 3.8) is 0 Å². The Morgan fingerprint density at radius 1 is 0.908 bits per heavy atom. The molecule has 5 amide bonds. The Labute approximate surface area is 377 Å². The summed E-state index contributed by atoms with van der Waals surface area (Å²) in [5.41, 5.74) is 15.0. The second-order valence-electron chi connectivity index (χ2n) is 16.5. The van der Waals surface area contributed by atoms with Crippen LogP contribution in [0, 0.1) is 5.92 Å². The number of nitrogens with one attached hydrogen (secondary N) is 4. The Kier molecular flexibility index (Phi) is 18.0. The van der Waals surface area contributed by atoms with E-state index in [2.05, 4.69) is 26.3 Å². The number of carboxylic acids is 1. The van der Waals surface area contributed by atoms with E-state index in [-0.39, 0.29) is 89.4 Å². The molecule has 19 nitrogen and oxygen atoms in total. The molecule has 0 bridgehead atoms. The van der Waals surface area contributed by atoms with E-state index in [9.17, 15) is 43.5 Å². The SMILES string of the molecule is COC(=O)[C@H](C/C=C/C[C@@H]1NC(=O)C2CCCN2C(=O)[C@@H](NC(=O)OCC2c3ccccc3-c3ccccc32)CCCC[C@@H](C(=O)O)CC(=O)[C@H](CCCN=C(N)N)NC1=O)NC(C)=O. The van der Waals surface area contributed by atoms with Crippen molar-refractivity contribution in [1.29, 1.82) is 0 Å². The number of fused-ring (bicyclic) bond motifs is 4. The highest BCUT2D eigenvalue weighted by Crippen LogP contribution is 2.44. The number of nitrogens with two attached hydrogens (primary N) is 2. The summed E-state index contributed by atoms with van der Waals surface area (Å²) in [4.78, 5) is 112. The topological polar surface area (TPSA) is 291 Å². The van der Waals surface area contributed by atoms with Gasteiger partial charge in [0.15, 0.2) is 11.7 Å². The maximum atomic E-state index is 14.4. The lowest BCUT2D eigenvalue weighted by Gasteiger charge is -2.30. The minimum Gasteiger partial charge on any atom is -0.481 e. The maximum Gasteiger partial charge on any atom is 0.407 e.